The second-order valence-corrected chi connectivity index (χ2v) is 6.88. The van der Waals surface area contributed by atoms with Crippen molar-refractivity contribution in [3.63, 3.8) is 0 Å². The van der Waals surface area contributed by atoms with Gasteiger partial charge in [-0.1, -0.05) is 6.42 Å². The van der Waals surface area contributed by atoms with Crippen molar-refractivity contribution in [3.8, 4) is 5.75 Å². The maximum absolute atomic E-state index is 12.1. The molecule has 7 heteroatoms. The maximum Gasteiger partial charge on any atom is 0.306 e. The van der Waals surface area contributed by atoms with Crippen LogP contribution >= 0.6 is 0 Å². The van der Waals surface area contributed by atoms with Gasteiger partial charge in [0.25, 0.3) is 0 Å². The molecule has 0 aliphatic heterocycles. The van der Waals surface area contributed by atoms with Gasteiger partial charge in [-0.2, -0.15) is 0 Å². The number of carboxylic acid groups (broad SMARTS) is 1. The molecule has 0 amide bonds. The van der Waals surface area contributed by atoms with E-state index < -0.39 is 16.0 Å². The molecule has 1 aliphatic carbocycles. The number of hydrogen-bond donors (Lipinski definition) is 2. The molecule has 1 aromatic rings. The lowest BCUT2D eigenvalue weighted by molar-refractivity contribution is -0.137. The van der Waals surface area contributed by atoms with Crippen LogP contribution in [0.2, 0.25) is 0 Å². The zero-order valence-electron chi connectivity index (χ0n) is 11.6. The molecule has 0 atom stereocenters. The predicted molar refractivity (Wildman–Crippen MR) is 76.7 cm³/mol. The molecule has 1 saturated carbocycles. The second kappa shape index (κ2) is 6.91. The lowest BCUT2D eigenvalue weighted by atomic mass is 9.86. The number of carboxylic acids is 1. The average molecular weight is 313 g/mol. The number of sulfonamides is 1. The van der Waals surface area contributed by atoms with E-state index in [0.717, 1.165) is 12.8 Å². The van der Waals surface area contributed by atoms with Crippen molar-refractivity contribution in [3.05, 3.63) is 24.3 Å². The minimum absolute atomic E-state index is 0.0569. The Labute approximate surface area is 124 Å². The van der Waals surface area contributed by atoms with E-state index in [2.05, 4.69) is 4.72 Å². The molecule has 0 aromatic heterocycles. The molecule has 0 radical (unpaired) electrons. The summed E-state index contributed by atoms with van der Waals surface area (Å²) >= 11 is 0. The summed E-state index contributed by atoms with van der Waals surface area (Å²) in [6.45, 7) is 0.542. The summed E-state index contributed by atoms with van der Waals surface area (Å²) in [6, 6.07) is 5.97. The van der Waals surface area contributed by atoms with Gasteiger partial charge < -0.3 is 9.84 Å². The molecule has 2 rings (SSSR count). The number of hydrogen-bond acceptors (Lipinski definition) is 4. The van der Waals surface area contributed by atoms with Crippen LogP contribution in [-0.4, -0.2) is 32.6 Å². The van der Waals surface area contributed by atoms with E-state index in [1.165, 1.54) is 30.7 Å². The average Bonchev–Trinajstić information content (AvgIpc) is 2.37. The quantitative estimate of drug-likeness (QED) is 0.761. The highest BCUT2D eigenvalue weighted by Crippen LogP contribution is 2.26. The Hall–Kier alpha value is -1.60. The highest BCUT2D eigenvalue weighted by molar-refractivity contribution is 7.89. The van der Waals surface area contributed by atoms with Crippen LogP contribution in [-0.2, 0) is 14.8 Å². The van der Waals surface area contributed by atoms with Gasteiger partial charge in [0.05, 0.1) is 17.9 Å². The van der Waals surface area contributed by atoms with E-state index in [1.54, 1.807) is 0 Å². The Morgan fingerprint density at radius 2 is 1.95 bits per heavy atom. The molecular weight excluding hydrogens is 294 g/mol. The van der Waals surface area contributed by atoms with E-state index in [9.17, 15) is 13.2 Å². The summed E-state index contributed by atoms with van der Waals surface area (Å²) < 4.78 is 31.9. The minimum Gasteiger partial charge on any atom is -0.493 e. The van der Waals surface area contributed by atoms with Gasteiger partial charge in [-0.25, -0.2) is 13.1 Å². The van der Waals surface area contributed by atoms with Crippen LogP contribution in [0.15, 0.2) is 29.2 Å². The van der Waals surface area contributed by atoms with Crippen molar-refractivity contribution in [2.24, 2.45) is 5.92 Å². The first-order valence-electron chi connectivity index (χ1n) is 6.92. The van der Waals surface area contributed by atoms with Crippen molar-refractivity contribution >= 4 is 16.0 Å². The van der Waals surface area contributed by atoms with Crippen LogP contribution in [0.5, 0.6) is 5.75 Å². The van der Waals surface area contributed by atoms with Gasteiger partial charge >= 0.3 is 5.97 Å². The smallest absolute Gasteiger partial charge is 0.306 e. The standard InChI is InChI=1S/C14H19NO5S/c16-14(17)8-9-20-12-4-6-13(7-5-12)21(18,19)15-10-11-2-1-3-11/h4-7,11,15H,1-3,8-10H2,(H,16,17). The van der Waals surface area contributed by atoms with Crippen molar-refractivity contribution < 1.29 is 23.1 Å². The van der Waals surface area contributed by atoms with E-state index in [1.807, 2.05) is 0 Å². The van der Waals surface area contributed by atoms with Crippen LogP contribution in [0.1, 0.15) is 25.7 Å². The van der Waals surface area contributed by atoms with Crippen LogP contribution < -0.4 is 9.46 Å². The van der Waals surface area contributed by atoms with Gasteiger partial charge in [-0.3, -0.25) is 4.79 Å². The molecule has 0 unspecified atom stereocenters. The van der Waals surface area contributed by atoms with Crippen LogP contribution in [0.4, 0.5) is 0 Å². The molecule has 2 N–H and O–H groups in total. The summed E-state index contributed by atoms with van der Waals surface area (Å²) in [4.78, 5) is 10.6. The van der Waals surface area contributed by atoms with Crippen molar-refractivity contribution in [1.29, 1.82) is 0 Å². The molecule has 0 bridgehead atoms. The molecular formula is C14H19NO5S. The van der Waals surface area contributed by atoms with Crippen molar-refractivity contribution in [2.75, 3.05) is 13.2 Å². The molecule has 6 nitrogen and oxygen atoms in total. The summed E-state index contributed by atoms with van der Waals surface area (Å²) in [5.74, 6) is -0.0259. The maximum atomic E-state index is 12.1. The van der Waals surface area contributed by atoms with Gasteiger partial charge in [0.1, 0.15) is 5.75 Å². The fourth-order valence-corrected chi connectivity index (χ4v) is 3.10. The largest absolute Gasteiger partial charge is 0.493 e. The highest BCUT2D eigenvalue weighted by Gasteiger charge is 2.21. The molecule has 1 aliphatic rings. The third-order valence-corrected chi connectivity index (χ3v) is 4.94. The third-order valence-electron chi connectivity index (χ3n) is 3.51. The number of ether oxygens (including phenoxy) is 1. The fourth-order valence-electron chi connectivity index (χ4n) is 1.98. The first-order chi connectivity index (χ1) is 9.97. The molecule has 1 aromatic carbocycles. The van der Waals surface area contributed by atoms with E-state index in [-0.39, 0.29) is 17.9 Å². The van der Waals surface area contributed by atoms with E-state index in [0.29, 0.717) is 18.2 Å². The highest BCUT2D eigenvalue weighted by atomic mass is 32.2. The Morgan fingerprint density at radius 1 is 1.29 bits per heavy atom. The third kappa shape index (κ3) is 4.71. The first kappa shape index (κ1) is 15.8. The van der Waals surface area contributed by atoms with Gasteiger partial charge in [0.2, 0.25) is 10.0 Å². The molecule has 21 heavy (non-hydrogen) atoms. The summed E-state index contributed by atoms with van der Waals surface area (Å²) in [5, 5.41) is 8.50. The minimum atomic E-state index is -3.48. The van der Waals surface area contributed by atoms with Gasteiger partial charge in [-0.15, -0.1) is 0 Å². The van der Waals surface area contributed by atoms with E-state index >= 15 is 0 Å². The Balaban J connectivity index is 1.88. The second-order valence-electron chi connectivity index (χ2n) is 5.11. The fraction of sp³-hybridized carbons (Fsp3) is 0.500. The summed E-state index contributed by atoms with van der Waals surface area (Å²) in [6.07, 6.45) is 3.25. The zero-order chi connectivity index (χ0) is 15.3. The Kier molecular flexibility index (Phi) is 5.19. The predicted octanol–water partition coefficient (Wildman–Crippen LogP) is 1.62. The van der Waals surface area contributed by atoms with Crippen LogP contribution in [0.3, 0.4) is 0 Å². The number of nitrogens with one attached hydrogen (secondary N) is 1. The lowest BCUT2D eigenvalue weighted by Gasteiger charge is -2.25. The molecule has 0 spiro atoms. The topological polar surface area (TPSA) is 92.7 Å². The molecule has 116 valence electrons. The Morgan fingerprint density at radius 3 is 2.48 bits per heavy atom. The number of carbonyl (C=O) groups is 1. The van der Waals surface area contributed by atoms with Gasteiger partial charge in [0, 0.05) is 6.54 Å². The summed E-state index contributed by atoms with van der Waals surface area (Å²) in [5.41, 5.74) is 0. The number of benzene rings is 1. The number of aliphatic carboxylic acids is 1. The van der Waals surface area contributed by atoms with Gasteiger partial charge in [0.15, 0.2) is 0 Å². The van der Waals surface area contributed by atoms with Crippen LogP contribution in [0, 0.1) is 5.92 Å². The van der Waals surface area contributed by atoms with Crippen molar-refractivity contribution in [2.45, 2.75) is 30.6 Å². The number of rotatable bonds is 8. The van der Waals surface area contributed by atoms with Gasteiger partial charge in [-0.05, 0) is 43.0 Å². The zero-order valence-corrected chi connectivity index (χ0v) is 12.4. The normalized spacial score (nSPS) is 15.4. The first-order valence-corrected chi connectivity index (χ1v) is 8.40. The summed E-state index contributed by atoms with van der Waals surface area (Å²) in [7, 11) is -3.48. The molecule has 0 saturated heterocycles. The molecule has 0 heterocycles. The van der Waals surface area contributed by atoms with Crippen molar-refractivity contribution in [1.82, 2.24) is 4.72 Å². The Bertz CT molecular complexity index is 578. The SMILES string of the molecule is O=C(O)CCOc1ccc(S(=O)(=O)NCC2CCC2)cc1. The lowest BCUT2D eigenvalue weighted by Crippen LogP contribution is -2.32. The van der Waals surface area contributed by atoms with Crippen LogP contribution in [0.25, 0.3) is 0 Å². The molecule has 1 fully saturated rings. The monoisotopic (exact) mass is 313 g/mol. The van der Waals surface area contributed by atoms with E-state index in [4.69, 9.17) is 9.84 Å².